The fourth-order valence-electron chi connectivity index (χ4n) is 2.24. The number of amides is 3. The van der Waals surface area contributed by atoms with Crippen molar-refractivity contribution in [2.45, 2.75) is 38.3 Å². The van der Waals surface area contributed by atoms with E-state index in [2.05, 4.69) is 10.6 Å². The zero-order chi connectivity index (χ0) is 18.4. The molecule has 1 atom stereocenters. The molecule has 1 fully saturated rings. The minimum Gasteiger partial charge on any atom is -0.480 e. The van der Waals surface area contributed by atoms with E-state index in [4.69, 9.17) is 10.8 Å². The van der Waals surface area contributed by atoms with Crippen LogP contribution in [0, 0.1) is 5.92 Å². The molecule has 8 heteroatoms. The van der Waals surface area contributed by atoms with E-state index in [1.54, 1.807) is 24.3 Å². The van der Waals surface area contributed by atoms with E-state index >= 15 is 0 Å². The molecule has 0 heterocycles. The van der Waals surface area contributed by atoms with Crippen LogP contribution in [0.4, 0.5) is 0 Å². The molecule has 0 saturated heterocycles. The molecule has 2 rings (SSSR count). The monoisotopic (exact) mass is 347 g/mol. The number of nitrogens with one attached hydrogen (secondary N) is 2. The SMILES string of the molecule is NC(=O)CCC(NC(=O)c1ccc(CNC(=O)C2CC2)cc1)C(=O)O. The second kappa shape index (κ2) is 8.27. The fraction of sp³-hybridized carbons (Fsp3) is 0.412. The molecular weight excluding hydrogens is 326 g/mol. The smallest absolute Gasteiger partial charge is 0.326 e. The van der Waals surface area contributed by atoms with E-state index in [0.717, 1.165) is 18.4 Å². The van der Waals surface area contributed by atoms with Crippen LogP contribution in [0.5, 0.6) is 0 Å². The second-order valence-corrected chi connectivity index (χ2v) is 6.06. The van der Waals surface area contributed by atoms with Crippen molar-refractivity contribution in [3.05, 3.63) is 35.4 Å². The van der Waals surface area contributed by atoms with Crippen molar-refractivity contribution < 1.29 is 24.3 Å². The largest absolute Gasteiger partial charge is 0.480 e. The van der Waals surface area contributed by atoms with Gasteiger partial charge in [0.25, 0.3) is 5.91 Å². The summed E-state index contributed by atoms with van der Waals surface area (Å²) in [5.74, 6) is -2.23. The lowest BCUT2D eigenvalue weighted by Crippen LogP contribution is -2.41. The molecule has 0 bridgehead atoms. The third-order valence-corrected chi connectivity index (χ3v) is 3.91. The molecule has 5 N–H and O–H groups in total. The number of benzene rings is 1. The van der Waals surface area contributed by atoms with Crippen LogP contribution in [0.3, 0.4) is 0 Å². The third-order valence-electron chi connectivity index (χ3n) is 3.91. The highest BCUT2D eigenvalue weighted by Crippen LogP contribution is 2.28. The van der Waals surface area contributed by atoms with Gasteiger partial charge in [-0.25, -0.2) is 4.79 Å². The van der Waals surface area contributed by atoms with Crippen molar-refractivity contribution in [3.8, 4) is 0 Å². The average Bonchev–Trinajstić information content (AvgIpc) is 3.41. The quantitative estimate of drug-likeness (QED) is 0.504. The maximum Gasteiger partial charge on any atom is 0.326 e. The first-order valence-corrected chi connectivity index (χ1v) is 8.05. The predicted octanol–water partition coefficient (Wildman–Crippen LogP) is 0.161. The Bertz CT molecular complexity index is 667. The molecule has 3 amide bonds. The molecule has 1 saturated carbocycles. The van der Waals surface area contributed by atoms with Crippen LogP contribution < -0.4 is 16.4 Å². The average molecular weight is 347 g/mol. The van der Waals surface area contributed by atoms with Gasteiger partial charge in [0, 0.05) is 24.4 Å². The summed E-state index contributed by atoms with van der Waals surface area (Å²) in [6, 6.07) is 5.32. The highest BCUT2D eigenvalue weighted by Gasteiger charge is 2.29. The van der Waals surface area contributed by atoms with Crippen LogP contribution in [-0.2, 0) is 20.9 Å². The molecule has 0 radical (unpaired) electrons. The number of hydrogen-bond acceptors (Lipinski definition) is 4. The molecule has 134 valence electrons. The predicted molar refractivity (Wildman–Crippen MR) is 88.3 cm³/mol. The molecule has 8 nitrogen and oxygen atoms in total. The number of primary amides is 1. The minimum absolute atomic E-state index is 0.0422. The lowest BCUT2D eigenvalue weighted by molar-refractivity contribution is -0.139. The van der Waals surface area contributed by atoms with Crippen LogP contribution in [0.15, 0.2) is 24.3 Å². The third kappa shape index (κ3) is 5.91. The topological polar surface area (TPSA) is 139 Å². The lowest BCUT2D eigenvalue weighted by Gasteiger charge is -2.14. The maximum atomic E-state index is 12.1. The summed E-state index contributed by atoms with van der Waals surface area (Å²) in [6.07, 6.45) is 1.68. The van der Waals surface area contributed by atoms with Gasteiger partial charge in [-0.2, -0.15) is 0 Å². The Morgan fingerprint density at radius 3 is 2.32 bits per heavy atom. The summed E-state index contributed by atoms with van der Waals surface area (Å²) in [5, 5.41) is 14.3. The van der Waals surface area contributed by atoms with Crippen LogP contribution in [0.2, 0.25) is 0 Å². The van der Waals surface area contributed by atoms with Crippen molar-refractivity contribution in [1.82, 2.24) is 10.6 Å². The van der Waals surface area contributed by atoms with Crippen LogP contribution in [0.1, 0.15) is 41.6 Å². The van der Waals surface area contributed by atoms with E-state index in [9.17, 15) is 19.2 Å². The Hall–Kier alpha value is -2.90. The normalized spacial score (nSPS) is 14.4. The van der Waals surface area contributed by atoms with Crippen molar-refractivity contribution in [2.24, 2.45) is 11.7 Å². The summed E-state index contributed by atoms with van der Waals surface area (Å²) in [4.78, 5) is 45.6. The Morgan fingerprint density at radius 2 is 1.80 bits per heavy atom. The van der Waals surface area contributed by atoms with Crippen molar-refractivity contribution in [1.29, 1.82) is 0 Å². The molecule has 1 aliphatic rings. The van der Waals surface area contributed by atoms with E-state index in [1.165, 1.54) is 0 Å². The maximum absolute atomic E-state index is 12.1. The molecular formula is C17H21N3O5. The Balaban J connectivity index is 1.88. The summed E-state index contributed by atoms with van der Waals surface area (Å²) in [6.45, 7) is 0.383. The Kier molecular flexibility index (Phi) is 6.10. The number of carboxylic acids is 1. The summed E-state index contributed by atoms with van der Waals surface area (Å²) < 4.78 is 0. The zero-order valence-corrected chi connectivity index (χ0v) is 13.7. The molecule has 1 unspecified atom stereocenters. The number of rotatable bonds is 9. The summed E-state index contributed by atoms with van der Waals surface area (Å²) in [7, 11) is 0. The van der Waals surface area contributed by atoms with Gasteiger partial charge in [0.2, 0.25) is 11.8 Å². The molecule has 0 aliphatic heterocycles. The first-order chi connectivity index (χ1) is 11.9. The second-order valence-electron chi connectivity index (χ2n) is 6.06. The van der Waals surface area contributed by atoms with Gasteiger partial charge in [-0.1, -0.05) is 12.1 Å². The molecule has 0 spiro atoms. The van der Waals surface area contributed by atoms with Crippen molar-refractivity contribution in [3.63, 3.8) is 0 Å². The van der Waals surface area contributed by atoms with Gasteiger partial charge in [0.05, 0.1) is 0 Å². The van der Waals surface area contributed by atoms with E-state index < -0.39 is 23.8 Å². The standard InChI is InChI=1S/C17H21N3O5/c18-14(21)8-7-13(17(24)25)20-16(23)12-3-1-10(2-4-12)9-19-15(22)11-5-6-11/h1-4,11,13H,5-9H2,(H2,18,21)(H,19,22)(H,20,23)(H,24,25). The van der Waals surface area contributed by atoms with E-state index in [1.807, 2.05) is 0 Å². The molecule has 25 heavy (non-hydrogen) atoms. The Morgan fingerprint density at radius 1 is 1.16 bits per heavy atom. The summed E-state index contributed by atoms with van der Waals surface area (Å²) >= 11 is 0. The van der Waals surface area contributed by atoms with Gasteiger partial charge in [0.1, 0.15) is 6.04 Å². The minimum atomic E-state index is -1.23. The van der Waals surface area contributed by atoms with Gasteiger partial charge in [-0.05, 0) is 37.0 Å². The van der Waals surface area contributed by atoms with Crippen molar-refractivity contribution >= 4 is 23.7 Å². The van der Waals surface area contributed by atoms with Gasteiger partial charge in [-0.3, -0.25) is 14.4 Å². The van der Waals surface area contributed by atoms with Crippen LogP contribution in [-0.4, -0.2) is 34.8 Å². The number of nitrogens with two attached hydrogens (primary N) is 1. The van der Waals surface area contributed by atoms with E-state index in [0.29, 0.717) is 12.1 Å². The highest BCUT2D eigenvalue weighted by molar-refractivity contribution is 5.96. The highest BCUT2D eigenvalue weighted by atomic mass is 16.4. The van der Waals surface area contributed by atoms with Crippen molar-refractivity contribution in [2.75, 3.05) is 0 Å². The first-order valence-electron chi connectivity index (χ1n) is 8.05. The fourth-order valence-corrected chi connectivity index (χ4v) is 2.24. The number of carbonyl (C=O) groups excluding carboxylic acids is 3. The van der Waals surface area contributed by atoms with Gasteiger partial charge < -0.3 is 21.5 Å². The molecule has 1 aliphatic carbocycles. The number of carboxylic acid groups (broad SMARTS) is 1. The van der Waals surface area contributed by atoms with E-state index in [-0.39, 0.29) is 24.7 Å². The van der Waals surface area contributed by atoms with Crippen LogP contribution >= 0.6 is 0 Å². The number of aliphatic carboxylic acids is 1. The Labute approximate surface area is 144 Å². The zero-order valence-electron chi connectivity index (χ0n) is 13.7. The number of carbonyl (C=O) groups is 4. The summed E-state index contributed by atoms with van der Waals surface area (Å²) in [5.41, 5.74) is 6.13. The molecule has 1 aromatic rings. The van der Waals surface area contributed by atoms with Gasteiger partial charge in [0.15, 0.2) is 0 Å². The first kappa shape index (κ1) is 18.4. The van der Waals surface area contributed by atoms with Gasteiger partial charge in [-0.15, -0.1) is 0 Å². The molecule has 0 aromatic heterocycles. The van der Waals surface area contributed by atoms with Gasteiger partial charge >= 0.3 is 5.97 Å². The number of hydrogen-bond donors (Lipinski definition) is 4. The molecule has 1 aromatic carbocycles. The van der Waals surface area contributed by atoms with Crippen LogP contribution in [0.25, 0.3) is 0 Å². The lowest BCUT2D eigenvalue weighted by atomic mass is 10.1.